The first-order chi connectivity index (χ1) is 9.85. The van der Waals surface area contributed by atoms with Crippen LogP contribution in [0.4, 0.5) is 4.39 Å². The highest BCUT2D eigenvalue weighted by atomic mass is 35.5. The van der Waals surface area contributed by atoms with E-state index in [-0.39, 0.29) is 5.02 Å². The van der Waals surface area contributed by atoms with Crippen LogP contribution in [-0.2, 0) is 10.3 Å². The molecule has 0 saturated heterocycles. The normalized spacial score (nSPS) is 14.2. The summed E-state index contributed by atoms with van der Waals surface area (Å²) < 4.78 is 13.2. The second-order valence-electron chi connectivity index (χ2n) is 5.07. The van der Waals surface area contributed by atoms with E-state index >= 15 is 0 Å². The Hall–Kier alpha value is -1.17. The molecule has 0 heterocycles. The molecule has 6 heteroatoms. The minimum atomic E-state index is -1.13. The SMILES string of the molecule is CCN(CC)CCNC(C)(C(N)=O)c1ccc(F)cc1Cl. The lowest BCUT2D eigenvalue weighted by atomic mass is 9.91. The summed E-state index contributed by atoms with van der Waals surface area (Å²) in [5, 5.41) is 3.33. The van der Waals surface area contributed by atoms with Crippen LogP contribution in [0.25, 0.3) is 0 Å². The Morgan fingerprint density at radius 3 is 2.52 bits per heavy atom. The zero-order chi connectivity index (χ0) is 16.0. The third kappa shape index (κ3) is 4.40. The van der Waals surface area contributed by atoms with E-state index in [1.807, 2.05) is 0 Å². The van der Waals surface area contributed by atoms with Crippen molar-refractivity contribution in [1.29, 1.82) is 0 Å². The average Bonchev–Trinajstić information content (AvgIpc) is 2.43. The summed E-state index contributed by atoms with van der Waals surface area (Å²) in [5.41, 5.74) is 4.88. The van der Waals surface area contributed by atoms with Crippen molar-refractivity contribution in [3.8, 4) is 0 Å². The highest BCUT2D eigenvalue weighted by molar-refractivity contribution is 6.31. The second kappa shape index (κ2) is 7.73. The van der Waals surface area contributed by atoms with Gasteiger partial charge in [-0.1, -0.05) is 31.5 Å². The fourth-order valence-electron chi connectivity index (χ4n) is 2.21. The Balaban J connectivity index is 2.90. The molecule has 3 N–H and O–H groups in total. The Morgan fingerprint density at radius 2 is 2.05 bits per heavy atom. The quantitative estimate of drug-likeness (QED) is 0.772. The van der Waals surface area contributed by atoms with Crippen molar-refractivity contribution in [3.63, 3.8) is 0 Å². The number of nitrogens with zero attached hydrogens (tertiary/aromatic N) is 1. The van der Waals surface area contributed by atoms with Crippen molar-refractivity contribution in [2.45, 2.75) is 26.3 Å². The van der Waals surface area contributed by atoms with E-state index in [0.717, 1.165) is 19.6 Å². The van der Waals surface area contributed by atoms with Crippen molar-refractivity contribution >= 4 is 17.5 Å². The minimum absolute atomic E-state index is 0.187. The Kier molecular flexibility index (Phi) is 6.58. The van der Waals surface area contributed by atoms with Gasteiger partial charge in [0.2, 0.25) is 5.91 Å². The number of hydrogen-bond donors (Lipinski definition) is 2. The second-order valence-corrected chi connectivity index (χ2v) is 5.47. The minimum Gasteiger partial charge on any atom is -0.368 e. The monoisotopic (exact) mass is 315 g/mol. The molecule has 0 saturated carbocycles. The molecule has 1 amide bonds. The molecule has 0 aliphatic rings. The van der Waals surface area contributed by atoms with E-state index in [0.29, 0.717) is 12.1 Å². The summed E-state index contributed by atoms with van der Waals surface area (Å²) in [5.74, 6) is -0.991. The topological polar surface area (TPSA) is 58.4 Å². The van der Waals surface area contributed by atoms with E-state index in [9.17, 15) is 9.18 Å². The highest BCUT2D eigenvalue weighted by Gasteiger charge is 2.34. The number of benzene rings is 1. The first-order valence-corrected chi connectivity index (χ1v) is 7.45. The summed E-state index contributed by atoms with van der Waals surface area (Å²) in [6, 6.07) is 3.95. The van der Waals surface area contributed by atoms with Gasteiger partial charge in [0, 0.05) is 23.7 Å². The standard InChI is InChI=1S/C15H23ClFN3O/c1-4-20(5-2)9-8-19-15(3,14(18)21)12-7-6-11(17)10-13(12)16/h6-7,10,19H,4-5,8-9H2,1-3H3,(H2,18,21). The van der Waals surface area contributed by atoms with Crippen LogP contribution < -0.4 is 11.1 Å². The van der Waals surface area contributed by atoms with Gasteiger partial charge in [0.05, 0.1) is 0 Å². The number of nitrogens with two attached hydrogens (primary N) is 1. The molecule has 1 unspecified atom stereocenters. The van der Waals surface area contributed by atoms with Gasteiger partial charge in [-0.05, 0) is 32.1 Å². The lowest BCUT2D eigenvalue weighted by molar-refractivity contribution is -0.124. The molecule has 0 aromatic heterocycles. The van der Waals surface area contributed by atoms with Crippen molar-refractivity contribution in [3.05, 3.63) is 34.6 Å². The zero-order valence-electron chi connectivity index (χ0n) is 12.7. The zero-order valence-corrected chi connectivity index (χ0v) is 13.5. The predicted molar refractivity (Wildman–Crippen MR) is 83.7 cm³/mol. The van der Waals surface area contributed by atoms with Gasteiger partial charge in [-0.2, -0.15) is 0 Å². The number of carbonyl (C=O) groups is 1. The molecular weight excluding hydrogens is 293 g/mol. The summed E-state index contributed by atoms with van der Waals surface area (Å²) >= 11 is 6.06. The number of carbonyl (C=O) groups excluding carboxylic acids is 1. The summed E-state index contributed by atoms with van der Waals surface area (Å²) in [6.45, 7) is 9.05. The van der Waals surface area contributed by atoms with E-state index in [1.54, 1.807) is 6.92 Å². The molecule has 118 valence electrons. The summed E-state index contributed by atoms with van der Waals surface area (Å²) in [7, 11) is 0. The number of primary amides is 1. The molecule has 1 aromatic carbocycles. The Labute approximate surface area is 130 Å². The van der Waals surface area contributed by atoms with Crippen molar-refractivity contribution in [2.24, 2.45) is 5.73 Å². The molecule has 0 spiro atoms. The molecular formula is C15H23ClFN3O. The lowest BCUT2D eigenvalue weighted by Crippen LogP contribution is -2.52. The van der Waals surface area contributed by atoms with E-state index in [4.69, 9.17) is 17.3 Å². The predicted octanol–water partition coefficient (Wildman–Crippen LogP) is 2.11. The maximum Gasteiger partial charge on any atom is 0.242 e. The molecule has 4 nitrogen and oxygen atoms in total. The first kappa shape index (κ1) is 17.9. The molecule has 1 atom stereocenters. The average molecular weight is 316 g/mol. The van der Waals surface area contributed by atoms with Gasteiger partial charge in [-0.15, -0.1) is 0 Å². The van der Waals surface area contributed by atoms with Crippen molar-refractivity contribution in [2.75, 3.05) is 26.2 Å². The molecule has 0 aliphatic heterocycles. The number of amides is 1. The van der Waals surface area contributed by atoms with Crippen LogP contribution in [0.5, 0.6) is 0 Å². The number of rotatable bonds is 8. The summed E-state index contributed by atoms with van der Waals surface area (Å²) in [4.78, 5) is 14.1. The fraction of sp³-hybridized carbons (Fsp3) is 0.533. The van der Waals surface area contributed by atoms with Crippen LogP contribution in [-0.4, -0.2) is 37.0 Å². The van der Waals surface area contributed by atoms with E-state index in [2.05, 4.69) is 24.1 Å². The van der Waals surface area contributed by atoms with E-state index < -0.39 is 17.3 Å². The van der Waals surface area contributed by atoms with Gasteiger partial charge in [-0.25, -0.2) is 4.39 Å². The van der Waals surface area contributed by atoms with Gasteiger partial charge in [-0.3, -0.25) is 10.1 Å². The first-order valence-electron chi connectivity index (χ1n) is 7.08. The van der Waals surface area contributed by atoms with Crippen LogP contribution >= 0.6 is 11.6 Å². The van der Waals surface area contributed by atoms with Crippen molar-refractivity contribution < 1.29 is 9.18 Å². The van der Waals surface area contributed by atoms with Crippen molar-refractivity contribution in [1.82, 2.24) is 10.2 Å². The van der Waals surface area contributed by atoms with Crippen LogP contribution in [0.3, 0.4) is 0 Å². The van der Waals surface area contributed by atoms with Gasteiger partial charge in [0.1, 0.15) is 11.4 Å². The third-order valence-corrected chi connectivity index (χ3v) is 4.08. The molecule has 0 fully saturated rings. The Bertz CT molecular complexity index is 494. The molecule has 21 heavy (non-hydrogen) atoms. The molecule has 0 aliphatic carbocycles. The van der Waals surface area contributed by atoms with Crippen LogP contribution in [0.1, 0.15) is 26.3 Å². The van der Waals surface area contributed by atoms with Crippen LogP contribution in [0, 0.1) is 5.82 Å². The van der Waals surface area contributed by atoms with Gasteiger partial charge < -0.3 is 10.6 Å². The van der Waals surface area contributed by atoms with Crippen LogP contribution in [0.15, 0.2) is 18.2 Å². The van der Waals surface area contributed by atoms with Gasteiger partial charge in [0.25, 0.3) is 0 Å². The molecule has 1 rings (SSSR count). The number of halogens is 2. The largest absolute Gasteiger partial charge is 0.368 e. The molecule has 1 aromatic rings. The Morgan fingerprint density at radius 1 is 1.43 bits per heavy atom. The third-order valence-electron chi connectivity index (χ3n) is 3.76. The van der Waals surface area contributed by atoms with Gasteiger partial charge in [0.15, 0.2) is 0 Å². The molecule has 0 bridgehead atoms. The number of nitrogens with one attached hydrogen (secondary N) is 1. The fourth-order valence-corrected chi connectivity index (χ4v) is 2.57. The lowest BCUT2D eigenvalue weighted by Gasteiger charge is -2.30. The van der Waals surface area contributed by atoms with Gasteiger partial charge >= 0.3 is 0 Å². The van der Waals surface area contributed by atoms with Crippen LogP contribution in [0.2, 0.25) is 5.02 Å². The highest BCUT2D eigenvalue weighted by Crippen LogP contribution is 2.28. The number of likely N-dealkylation sites (N-methyl/N-ethyl adjacent to an activating group) is 1. The smallest absolute Gasteiger partial charge is 0.242 e. The maximum atomic E-state index is 13.2. The molecule has 0 radical (unpaired) electrons. The number of hydrogen-bond acceptors (Lipinski definition) is 3. The summed E-state index contributed by atoms with van der Waals surface area (Å²) in [6.07, 6.45) is 0. The van der Waals surface area contributed by atoms with E-state index in [1.165, 1.54) is 18.2 Å². The maximum absolute atomic E-state index is 13.2.